The van der Waals surface area contributed by atoms with E-state index < -0.39 is 28.9 Å². The Kier molecular flexibility index (Phi) is 12.9. The van der Waals surface area contributed by atoms with Crippen molar-refractivity contribution in [3.8, 4) is 11.8 Å². The monoisotopic (exact) mass is 831 g/mol. The van der Waals surface area contributed by atoms with Gasteiger partial charge in [-0.2, -0.15) is 18.4 Å². The van der Waals surface area contributed by atoms with Crippen LogP contribution in [0.3, 0.4) is 0 Å². The number of hydrogen-bond donors (Lipinski definition) is 1. The van der Waals surface area contributed by atoms with E-state index in [1.54, 1.807) is 24.8 Å². The van der Waals surface area contributed by atoms with Gasteiger partial charge in [0.25, 0.3) is 5.91 Å². The molecule has 0 radical (unpaired) electrons. The highest BCUT2D eigenvalue weighted by Gasteiger charge is 2.51. The van der Waals surface area contributed by atoms with Crippen molar-refractivity contribution in [3.05, 3.63) is 82.7 Å². The first-order chi connectivity index (χ1) is 27.9. The molecule has 1 unspecified atom stereocenters. The number of carbonyl (C=O) groups excluding carboxylic acids is 4. The summed E-state index contributed by atoms with van der Waals surface area (Å²) in [4.78, 5) is 61.6. The predicted molar refractivity (Wildman–Crippen MR) is 219 cm³/mol. The number of aromatic nitrogens is 1. The quantitative estimate of drug-likeness (QED) is 0.169. The normalized spacial score (nSPS) is 21.4. The standard InChI is InChI=1S/C43H48F3N7O5S/c1-6-30-19-32(53-41(59)52(40(57)42(53,4)5)33-20-35(43(44,45)46)36(21-47)48-22-33)11-12-37(30)58-15-14-50-23-26(2)51(27(3)24-50)25-34(54)18-29-9-7-8-28(16-29)17-31-10-13-38(55)49-39(31)56/h7-9,11-12,16,19-20,22,26-27,31H,6,10,13-15,17-18,23-25H2,1-5H3,(H,49,55,56)/t26-,27+,31?. The van der Waals surface area contributed by atoms with E-state index in [1.807, 2.05) is 43.3 Å². The summed E-state index contributed by atoms with van der Waals surface area (Å²) in [6, 6.07) is 15.7. The average molecular weight is 832 g/mol. The molecule has 59 heavy (non-hydrogen) atoms. The van der Waals surface area contributed by atoms with E-state index in [2.05, 4.69) is 33.9 Å². The van der Waals surface area contributed by atoms with Crippen molar-refractivity contribution in [1.29, 1.82) is 5.26 Å². The van der Waals surface area contributed by atoms with Gasteiger partial charge in [0.15, 0.2) is 16.6 Å². The molecule has 12 nitrogen and oxygen atoms in total. The number of anilines is 2. The Bertz CT molecular complexity index is 2180. The van der Waals surface area contributed by atoms with Crippen LogP contribution in [0.15, 0.2) is 54.7 Å². The maximum atomic E-state index is 13.8. The minimum Gasteiger partial charge on any atom is -0.492 e. The number of nitrogens with one attached hydrogen (secondary N) is 1. The van der Waals surface area contributed by atoms with Gasteiger partial charge in [-0.15, -0.1) is 0 Å². The summed E-state index contributed by atoms with van der Waals surface area (Å²) < 4.78 is 47.5. The van der Waals surface area contributed by atoms with Gasteiger partial charge < -0.3 is 9.64 Å². The van der Waals surface area contributed by atoms with Gasteiger partial charge in [0, 0.05) is 56.2 Å². The summed E-state index contributed by atoms with van der Waals surface area (Å²) in [5, 5.41) is 11.6. The lowest BCUT2D eigenvalue weighted by molar-refractivity contribution is -0.138. The fourth-order valence-electron chi connectivity index (χ4n) is 8.28. The second-order valence-electron chi connectivity index (χ2n) is 16.0. The summed E-state index contributed by atoms with van der Waals surface area (Å²) in [7, 11) is 0. The number of thiocarbonyl (C=S) groups is 1. The zero-order chi connectivity index (χ0) is 42.8. The van der Waals surface area contributed by atoms with Crippen LogP contribution < -0.4 is 19.9 Å². The maximum Gasteiger partial charge on any atom is 0.419 e. The number of piperidine rings is 1. The molecule has 1 N–H and O–H groups in total. The van der Waals surface area contributed by atoms with Crippen molar-refractivity contribution in [3.63, 3.8) is 0 Å². The molecular weight excluding hydrogens is 784 g/mol. The Balaban J connectivity index is 1.03. The molecule has 16 heteroatoms. The first-order valence-electron chi connectivity index (χ1n) is 19.7. The molecule has 0 saturated carbocycles. The second-order valence-corrected chi connectivity index (χ2v) is 16.4. The van der Waals surface area contributed by atoms with E-state index in [1.165, 1.54) is 6.07 Å². The van der Waals surface area contributed by atoms with Gasteiger partial charge in [-0.25, -0.2) is 4.98 Å². The Labute approximate surface area is 347 Å². The number of hydrogen-bond acceptors (Lipinski definition) is 10. The minimum absolute atomic E-state index is 0.0179. The van der Waals surface area contributed by atoms with Gasteiger partial charge in [0.2, 0.25) is 11.8 Å². The Morgan fingerprint density at radius 3 is 2.42 bits per heavy atom. The van der Waals surface area contributed by atoms with Crippen LogP contribution >= 0.6 is 12.2 Å². The van der Waals surface area contributed by atoms with Crippen molar-refractivity contribution >= 4 is 52.2 Å². The first kappa shape index (κ1) is 43.3. The van der Waals surface area contributed by atoms with Crippen molar-refractivity contribution in [2.45, 2.75) is 90.5 Å². The van der Waals surface area contributed by atoms with E-state index in [0.29, 0.717) is 63.2 Å². The van der Waals surface area contributed by atoms with Crippen LogP contribution in [0.5, 0.6) is 5.75 Å². The zero-order valence-corrected chi connectivity index (χ0v) is 34.6. The second kappa shape index (κ2) is 17.5. The number of nitriles is 1. The Hall–Kier alpha value is -5.24. The highest BCUT2D eigenvalue weighted by Crippen LogP contribution is 2.40. The number of alkyl halides is 3. The third-order valence-electron chi connectivity index (χ3n) is 11.3. The molecule has 6 rings (SSSR count). The molecule has 3 fully saturated rings. The molecular formula is C43H48F3N7O5S. The summed E-state index contributed by atoms with van der Waals surface area (Å²) in [5.41, 5.74) is -0.164. The topological polar surface area (TPSA) is 139 Å². The van der Waals surface area contributed by atoms with Gasteiger partial charge in [0.05, 0.1) is 24.0 Å². The van der Waals surface area contributed by atoms with E-state index >= 15 is 0 Å². The lowest BCUT2D eigenvalue weighted by Crippen LogP contribution is -2.58. The number of Topliss-reactive ketones (excluding diaryl/α,β-unsaturated/α-hetero) is 1. The number of ketones is 1. The van der Waals surface area contributed by atoms with Crippen LogP contribution in [-0.4, -0.2) is 93.8 Å². The van der Waals surface area contributed by atoms with Crippen LogP contribution in [0.4, 0.5) is 24.5 Å². The highest BCUT2D eigenvalue weighted by atomic mass is 32.1. The summed E-state index contributed by atoms with van der Waals surface area (Å²) in [6.45, 7) is 12.4. The number of rotatable bonds is 13. The molecule has 3 aromatic rings. The number of aryl methyl sites for hydroxylation is 1. The molecule has 4 heterocycles. The van der Waals surface area contributed by atoms with E-state index in [0.717, 1.165) is 46.9 Å². The predicted octanol–water partition coefficient (Wildman–Crippen LogP) is 5.63. The molecule has 2 aromatic carbocycles. The van der Waals surface area contributed by atoms with E-state index in [-0.39, 0.29) is 46.4 Å². The highest BCUT2D eigenvalue weighted by molar-refractivity contribution is 7.81. The molecule has 0 spiro atoms. The number of ether oxygens (including phenoxy) is 1. The smallest absolute Gasteiger partial charge is 0.419 e. The lowest BCUT2D eigenvalue weighted by atomic mass is 9.90. The third-order valence-corrected chi connectivity index (χ3v) is 11.7. The third kappa shape index (κ3) is 9.48. The number of amides is 3. The summed E-state index contributed by atoms with van der Waals surface area (Å²) >= 11 is 5.70. The van der Waals surface area contributed by atoms with Gasteiger partial charge in [-0.05, 0) is 100 Å². The Morgan fingerprint density at radius 1 is 1.05 bits per heavy atom. The van der Waals surface area contributed by atoms with Gasteiger partial charge in [0.1, 0.15) is 24.0 Å². The molecule has 3 saturated heterocycles. The van der Waals surface area contributed by atoms with Gasteiger partial charge >= 0.3 is 6.18 Å². The summed E-state index contributed by atoms with van der Waals surface area (Å²) in [6.07, 6.45) is -1.53. The number of pyridine rings is 1. The molecule has 312 valence electrons. The number of carbonyl (C=O) groups is 4. The molecule has 3 atom stereocenters. The van der Waals surface area contributed by atoms with E-state index in [4.69, 9.17) is 17.0 Å². The van der Waals surface area contributed by atoms with Crippen LogP contribution in [0.2, 0.25) is 0 Å². The minimum atomic E-state index is -4.86. The van der Waals surface area contributed by atoms with Crippen molar-refractivity contribution in [2.75, 3.05) is 42.6 Å². The molecule has 3 amide bonds. The molecule has 0 aliphatic carbocycles. The van der Waals surface area contributed by atoms with Crippen molar-refractivity contribution in [1.82, 2.24) is 20.1 Å². The molecule has 3 aliphatic heterocycles. The maximum absolute atomic E-state index is 13.8. The van der Waals surface area contributed by atoms with Crippen LogP contribution in [0, 0.1) is 17.2 Å². The van der Waals surface area contributed by atoms with Crippen molar-refractivity contribution < 1.29 is 37.1 Å². The number of piperazine rings is 1. The average Bonchev–Trinajstić information content (AvgIpc) is 3.35. The number of benzene rings is 2. The largest absolute Gasteiger partial charge is 0.492 e. The SMILES string of the molecule is CCc1cc(N2C(=S)N(c3cnc(C#N)c(C(F)(F)F)c3)C(=O)C2(C)C)ccc1OCCN1C[C@@H](C)N(CC(=O)Cc2cccc(CC3CCC(=O)NC3=O)c2)[C@@H](C)C1. The van der Waals surface area contributed by atoms with Crippen LogP contribution in [-0.2, 0) is 44.6 Å². The fourth-order valence-corrected chi connectivity index (χ4v) is 8.80. The van der Waals surface area contributed by atoms with Gasteiger partial charge in [-0.1, -0.05) is 31.2 Å². The van der Waals surface area contributed by atoms with Crippen LogP contribution in [0.1, 0.15) is 75.4 Å². The van der Waals surface area contributed by atoms with Crippen LogP contribution in [0.25, 0.3) is 0 Å². The lowest BCUT2D eigenvalue weighted by Gasteiger charge is -2.44. The summed E-state index contributed by atoms with van der Waals surface area (Å²) in [5.74, 6) is -0.484. The van der Waals surface area contributed by atoms with Crippen molar-refractivity contribution in [2.24, 2.45) is 5.92 Å². The zero-order valence-electron chi connectivity index (χ0n) is 33.8. The number of imide groups is 1. The van der Waals surface area contributed by atoms with Gasteiger partial charge in [-0.3, -0.25) is 39.2 Å². The fraction of sp³-hybridized carbons (Fsp3) is 0.465. The van der Waals surface area contributed by atoms with E-state index in [9.17, 15) is 37.6 Å². The molecule has 0 bridgehead atoms. The molecule has 3 aliphatic rings. The number of nitrogens with zero attached hydrogens (tertiary/aromatic N) is 6. The number of halogens is 3. The first-order valence-corrected chi connectivity index (χ1v) is 20.1. The Morgan fingerprint density at radius 2 is 1.76 bits per heavy atom. The molecule has 1 aromatic heterocycles.